The van der Waals surface area contributed by atoms with Gasteiger partial charge in [0.2, 0.25) is 0 Å². The molecule has 0 saturated carbocycles. The average molecular weight is 275 g/mol. The van der Waals surface area contributed by atoms with E-state index in [9.17, 15) is 5.21 Å². The molecule has 0 aliphatic heterocycles. The molecule has 4 heteroatoms. The summed E-state index contributed by atoms with van der Waals surface area (Å²) >= 11 is 1.50. The highest BCUT2D eigenvalue weighted by Crippen LogP contribution is 2.22. The van der Waals surface area contributed by atoms with Crippen LogP contribution in [0.1, 0.15) is 11.1 Å². The second-order valence-corrected chi connectivity index (χ2v) is 5.40. The van der Waals surface area contributed by atoms with Crippen LogP contribution in [0.5, 0.6) is 5.75 Å². The highest BCUT2D eigenvalue weighted by Gasteiger charge is 2.06. The molecule has 0 atom stereocenters. The molecule has 0 unspecified atom stereocenters. The Labute approximate surface area is 117 Å². The normalized spacial score (nSPS) is 10.4. The molecule has 2 aromatic rings. The van der Waals surface area contributed by atoms with Crippen LogP contribution >= 0.6 is 11.8 Å². The van der Waals surface area contributed by atoms with E-state index < -0.39 is 0 Å². The smallest absolute Gasteiger partial charge is 0.251 e. The van der Waals surface area contributed by atoms with Crippen LogP contribution in [0.25, 0.3) is 0 Å². The van der Waals surface area contributed by atoms with E-state index in [0.29, 0.717) is 11.6 Å². The third kappa shape index (κ3) is 3.64. The first-order valence-corrected chi connectivity index (χ1v) is 7.17. The Kier molecular flexibility index (Phi) is 4.68. The molecule has 1 aromatic carbocycles. The summed E-state index contributed by atoms with van der Waals surface area (Å²) in [4.78, 5) is 0. The Hall–Kier alpha value is -1.68. The van der Waals surface area contributed by atoms with E-state index in [1.54, 1.807) is 6.07 Å². The number of hydrogen-bond donors (Lipinski definition) is 0. The first-order valence-electron chi connectivity index (χ1n) is 6.18. The molecule has 0 bridgehead atoms. The van der Waals surface area contributed by atoms with Gasteiger partial charge in [0.1, 0.15) is 5.75 Å². The van der Waals surface area contributed by atoms with Gasteiger partial charge in [-0.05, 0) is 31.0 Å². The van der Waals surface area contributed by atoms with Crippen molar-refractivity contribution in [3.05, 3.63) is 58.9 Å². The fraction of sp³-hybridized carbons (Fsp3) is 0.267. The van der Waals surface area contributed by atoms with Crippen molar-refractivity contribution >= 4 is 11.8 Å². The maximum atomic E-state index is 11.4. The molecule has 0 amide bonds. The molecule has 0 saturated heterocycles. The second kappa shape index (κ2) is 6.48. The van der Waals surface area contributed by atoms with Crippen molar-refractivity contribution in [1.82, 2.24) is 0 Å². The SMILES string of the molecule is Cc1cccc(C)c1OCCSc1cccc[n+]1[O-]. The van der Waals surface area contributed by atoms with E-state index in [0.717, 1.165) is 27.4 Å². The average Bonchev–Trinajstić information content (AvgIpc) is 2.39. The monoisotopic (exact) mass is 275 g/mol. The van der Waals surface area contributed by atoms with E-state index in [4.69, 9.17) is 4.74 Å². The van der Waals surface area contributed by atoms with Crippen LogP contribution in [0.4, 0.5) is 0 Å². The zero-order chi connectivity index (χ0) is 13.7. The van der Waals surface area contributed by atoms with Crippen molar-refractivity contribution in [1.29, 1.82) is 0 Å². The highest BCUT2D eigenvalue weighted by atomic mass is 32.2. The highest BCUT2D eigenvalue weighted by molar-refractivity contribution is 7.99. The second-order valence-electron chi connectivity index (χ2n) is 4.28. The van der Waals surface area contributed by atoms with Gasteiger partial charge in [0.25, 0.3) is 5.03 Å². The summed E-state index contributed by atoms with van der Waals surface area (Å²) in [5, 5.41) is 12.1. The molecule has 0 aliphatic carbocycles. The van der Waals surface area contributed by atoms with Gasteiger partial charge in [-0.15, -0.1) is 0 Å². The number of para-hydroxylation sites is 1. The number of aryl methyl sites for hydroxylation is 2. The lowest BCUT2D eigenvalue weighted by atomic mass is 10.1. The summed E-state index contributed by atoms with van der Waals surface area (Å²) < 4.78 is 6.68. The largest absolute Gasteiger partial charge is 0.618 e. The minimum Gasteiger partial charge on any atom is -0.618 e. The van der Waals surface area contributed by atoms with E-state index in [2.05, 4.69) is 0 Å². The van der Waals surface area contributed by atoms with Crippen LogP contribution in [0.15, 0.2) is 47.6 Å². The van der Waals surface area contributed by atoms with Gasteiger partial charge < -0.3 is 9.94 Å². The number of hydrogen-bond acceptors (Lipinski definition) is 3. The molecule has 0 spiro atoms. The van der Waals surface area contributed by atoms with E-state index >= 15 is 0 Å². The lowest BCUT2D eigenvalue weighted by molar-refractivity contribution is -0.645. The molecular formula is C15H17NO2S. The van der Waals surface area contributed by atoms with E-state index in [1.165, 1.54) is 18.0 Å². The molecule has 0 N–H and O–H groups in total. The van der Waals surface area contributed by atoms with Gasteiger partial charge in [0.05, 0.1) is 6.61 Å². The topological polar surface area (TPSA) is 36.2 Å². The summed E-state index contributed by atoms with van der Waals surface area (Å²) in [6.07, 6.45) is 1.51. The van der Waals surface area contributed by atoms with Crippen LogP contribution in [0, 0.1) is 19.1 Å². The number of ether oxygens (including phenoxy) is 1. The predicted octanol–water partition coefficient (Wildman–Crippen LogP) is 3.11. The van der Waals surface area contributed by atoms with Gasteiger partial charge in [-0.25, -0.2) is 0 Å². The molecule has 0 fully saturated rings. The summed E-state index contributed by atoms with van der Waals surface area (Å²) in [6.45, 7) is 4.67. The Balaban J connectivity index is 1.86. The molecule has 100 valence electrons. The Bertz CT molecular complexity index is 537. The predicted molar refractivity (Wildman–Crippen MR) is 77.5 cm³/mol. The summed E-state index contributed by atoms with van der Waals surface area (Å²) in [5.74, 6) is 1.70. The first kappa shape index (κ1) is 13.7. The maximum Gasteiger partial charge on any atom is 0.251 e. The Morgan fingerprint density at radius 2 is 1.84 bits per heavy atom. The van der Waals surface area contributed by atoms with Crippen LogP contribution < -0.4 is 9.47 Å². The van der Waals surface area contributed by atoms with Crippen molar-refractivity contribution in [2.45, 2.75) is 18.9 Å². The van der Waals surface area contributed by atoms with Crippen molar-refractivity contribution in [3.8, 4) is 5.75 Å². The minimum absolute atomic E-state index is 0.589. The third-order valence-electron chi connectivity index (χ3n) is 2.78. The third-order valence-corrected chi connectivity index (χ3v) is 3.76. The molecular weight excluding hydrogens is 258 g/mol. The minimum atomic E-state index is 0.589. The number of benzene rings is 1. The van der Waals surface area contributed by atoms with Gasteiger partial charge in [-0.1, -0.05) is 30.0 Å². The molecule has 1 heterocycles. The standard InChI is InChI=1S/C15H17NO2S/c1-12-6-5-7-13(2)15(12)18-10-11-19-14-8-3-4-9-16(14)17/h3-9H,10-11H2,1-2H3. The van der Waals surface area contributed by atoms with Crippen LogP contribution in [0.2, 0.25) is 0 Å². The summed E-state index contributed by atoms with van der Waals surface area (Å²) in [5.41, 5.74) is 2.28. The summed E-state index contributed by atoms with van der Waals surface area (Å²) in [7, 11) is 0. The molecule has 1 aromatic heterocycles. The van der Waals surface area contributed by atoms with Crippen molar-refractivity contribution in [2.75, 3.05) is 12.4 Å². The van der Waals surface area contributed by atoms with Crippen molar-refractivity contribution in [3.63, 3.8) is 0 Å². The van der Waals surface area contributed by atoms with Crippen molar-refractivity contribution in [2.24, 2.45) is 0 Å². The number of pyridine rings is 1. The number of rotatable bonds is 5. The number of aromatic nitrogens is 1. The lowest BCUT2D eigenvalue weighted by Gasteiger charge is -2.11. The van der Waals surface area contributed by atoms with Gasteiger partial charge in [-0.2, -0.15) is 4.73 Å². The number of nitrogens with zero attached hydrogens (tertiary/aromatic N) is 1. The molecule has 3 nitrogen and oxygen atoms in total. The summed E-state index contributed by atoms with van der Waals surface area (Å²) in [6, 6.07) is 11.5. The van der Waals surface area contributed by atoms with Crippen LogP contribution in [-0.2, 0) is 0 Å². The lowest BCUT2D eigenvalue weighted by Crippen LogP contribution is -2.27. The molecule has 19 heavy (non-hydrogen) atoms. The zero-order valence-electron chi connectivity index (χ0n) is 11.1. The number of thioether (sulfide) groups is 1. The van der Waals surface area contributed by atoms with Crippen molar-refractivity contribution < 1.29 is 9.47 Å². The molecule has 2 rings (SSSR count). The quantitative estimate of drug-likeness (QED) is 0.364. The van der Waals surface area contributed by atoms with Crippen LogP contribution in [0.3, 0.4) is 0 Å². The van der Waals surface area contributed by atoms with E-state index in [-0.39, 0.29) is 0 Å². The van der Waals surface area contributed by atoms with E-state index in [1.807, 2.05) is 44.2 Å². The van der Waals surface area contributed by atoms with Gasteiger partial charge >= 0.3 is 0 Å². The Morgan fingerprint density at radius 3 is 2.53 bits per heavy atom. The maximum absolute atomic E-state index is 11.4. The zero-order valence-corrected chi connectivity index (χ0v) is 11.9. The Morgan fingerprint density at radius 1 is 1.11 bits per heavy atom. The van der Waals surface area contributed by atoms with Gasteiger partial charge in [0, 0.05) is 17.9 Å². The van der Waals surface area contributed by atoms with Gasteiger partial charge in [-0.3, -0.25) is 0 Å². The first-order chi connectivity index (χ1) is 9.18. The molecule has 0 radical (unpaired) electrons. The molecule has 0 aliphatic rings. The van der Waals surface area contributed by atoms with Crippen LogP contribution in [-0.4, -0.2) is 12.4 Å². The fourth-order valence-corrected chi connectivity index (χ4v) is 2.58. The van der Waals surface area contributed by atoms with Gasteiger partial charge in [0.15, 0.2) is 6.20 Å². The fourth-order valence-electron chi connectivity index (χ4n) is 1.84.